The summed E-state index contributed by atoms with van der Waals surface area (Å²) in [5, 5.41) is 0. The molecular formula is C13H20N2. The zero-order valence-corrected chi connectivity index (χ0v) is 9.74. The molecule has 0 radical (unpaired) electrons. The third-order valence-electron chi connectivity index (χ3n) is 3.23. The molecule has 0 aliphatic carbocycles. The van der Waals surface area contributed by atoms with E-state index in [0.717, 1.165) is 6.42 Å². The van der Waals surface area contributed by atoms with E-state index in [1.165, 1.54) is 37.3 Å². The number of likely N-dealkylation sites (tertiary alicyclic amines) is 1. The molecule has 2 heterocycles. The number of nitrogens with zero attached hydrogens (tertiary/aromatic N) is 2. The summed E-state index contributed by atoms with van der Waals surface area (Å²) in [7, 11) is 2.20. The quantitative estimate of drug-likeness (QED) is 0.735. The molecule has 0 amide bonds. The predicted octanol–water partition coefficient (Wildman–Crippen LogP) is 2.45. The van der Waals surface area contributed by atoms with Crippen molar-refractivity contribution in [2.75, 3.05) is 20.1 Å². The van der Waals surface area contributed by atoms with Crippen LogP contribution in [0.3, 0.4) is 0 Å². The van der Waals surface area contributed by atoms with Crippen LogP contribution in [-0.2, 0) is 6.42 Å². The topological polar surface area (TPSA) is 16.1 Å². The van der Waals surface area contributed by atoms with Gasteiger partial charge in [-0.25, -0.2) is 0 Å². The van der Waals surface area contributed by atoms with Crippen molar-refractivity contribution in [2.24, 2.45) is 0 Å². The van der Waals surface area contributed by atoms with E-state index >= 15 is 0 Å². The van der Waals surface area contributed by atoms with Gasteiger partial charge >= 0.3 is 0 Å². The molecule has 0 bridgehead atoms. The van der Waals surface area contributed by atoms with Crippen LogP contribution in [0.4, 0.5) is 0 Å². The van der Waals surface area contributed by atoms with Gasteiger partial charge in [-0.05, 0) is 45.0 Å². The number of aromatic nitrogens is 1. The Labute approximate surface area is 92.3 Å². The van der Waals surface area contributed by atoms with Crippen molar-refractivity contribution in [3.8, 4) is 0 Å². The van der Waals surface area contributed by atoms with E-state index in [1.54, 1.807) is 0 Å². The van der Waals surface area contributed by atoms with Crippen molar-refractivity contribution in [1.82, 2.24) is 9.88 Å². The van der Waals surface area contributed by atoms with E-state index < -0.39 is 0 Å². The molecule has 1 atom stereocenters. The fourth-order valence-electron chi connectivity index (χ4n) is 2.33. The van der Waals surface area contributed by atoms with Crippen molar-refractivity contribution in [2.45, 2.75) is 32.1 Å². The largest absolute Gasteiger partial charge is 0.306 e. The van der Waals surface area contributed by atoms with Crippen LogP contribution in [-0.4, -0.2) is 30.0 Å². The van der Waals surface area contributed by atoms with E-state index in [2.05, 4.69) is 37.1 Å². The van der Waals surface area contributed by atoms with Crippen LogP contribution < -0.4 is 0 Å². The minimum Gasteiger partial charge on any atom is -0.306 e. The lowest BCUT2D eigenvalue weighted by Crippen LogP contribution is -2.31. The Hall–Kier alpha value is -0.890. The molecule has 1 aromatic heterocycles. The second kappa shape index (κ2) is 4.75. The van der Waals surface area contributed by atoms with Crippen LogP contribution in [0.15, 0.2) is 18.2 Å². The first-order valence-electron chi connectivity index (χ1n) is 5.94. The molecule has 0 spiro atoms. The molecule has 1 aliphatic rings. The highest BCUT2D eigenvalue weighted by atomic mass is 15.1. The monoisotopic (exact) mass is 204 g/mol. The molecule has 15 heavy (non-hydrogen) atoms. The third kappa shape index (κ3) is 2.57. The van der Waals surface area contributed by atoms with Gasteiger partial charge in [0.15, 0.2) is 0 Å². The van der Waals surface area contributed by atoms with Gasteiger partial charge in [0.25, 0.3) is 0 Å². The fraction of sp³-hybridized carbons (Fsp3) is 0.615. The van der Waals surface area contributed by atoms with Gasteiger partial charge in [0.2, 0.25) is 0 Å². The van der Waals surface area contributed by atoms with Gasteiger partial charge in [0.05, 0.1) is 0 Å². The van der Waals surface area contributed by atoms with Crippen molar-refractivity contribution >= 4 is 0 Å². The normalized spacial score (nSPS) is 22.9. The number of pyridine rings is 1. The predicted molar refractivity (Wildman–Crippen MR) is 63.1 cm³/mol. The fourth-order valence-corrected chi connectivity index (χ4v) is 2.33. The zero-order valence-electron chi connectivity index (χ0n) is 9.74. The van der Waals surface area contributed by atoms with E-state index in [-0.39, 0.29) is 0 Å². The van der Waals surface area contributed by atoms with Gasteiger partial charge < -0.3 is 4.90 Å². The molecule has 0 aromatic carbocycles. The highest BCUT2D eigenvalue weighted by Crippen LogP contribution is 2.24. The van der Waals surface area contributed by atoms with Crippen LogP contribution in [0.2, 0.25) is 0 Å². The number of hydrogen-bond donors (Lipinski definition) is 0. The highest BCUT2D eigenvalue weighted by molar-refractivity contribution is 5.15. The molecular weight excluding hydrogens is 184 g/mol. The van der Waals surface area contributed by atoms with E-state index in [0.29, 0.717) is 5.92 Å². The average Bonchev–Trinajstić information content (AvgIpc) is 2.29. The first-order valence-corrected chi connectivity index (χ1v) is 5.94. The molecule has 1 aliphatic heterocycles. The summed E-state index contributed by atoms with van der Waals surface area (Å²) in [6, 6.07) is 6.45. The summed E-state index contributed by atoms with van der Waals surface area (Å²) in [5.41, 5.74) is 2.52. The van der Waals surface area contributed by atoms with Crippen molar-refractivity contribution in [3.05, 3.63) is 29.6 Å². The number of rotatable bonds is 2. The van der Waals surface area contributed by atoms with Gasteiger partial charge in [-0.1, -0.05) is 13.0 Å². The minimum absolute atomic E-state index is 0.648. The van der Waals surface area contributed by atoms with Crippen LogP contribution in [0.1, 0.15) is 37.1 Å². The summed E-state index contributed by atoms with van der Waals surface area (Å²) in [4.78, 5) is 7.13. The summed E-state index contributed by atoms with van der Waals surface area (Å²) in [5.74, 6) is 0.648. The Bertz CT molecular complexity index is 322. The van der Waals surface area contributed by atoms with E-state index in [1.807, 2.05) is 0 Å². The Morgan fingerprint density at radius 3 is 3.07 bits per heavy atom. The van der Waals surface area contributed by atoms with Crippen molar-refractivity contribution in [1.29, 1.82) is 0 Å². The first kappa shape index (κ1) is 10.6. The van der Waals surface area contributed by atoms with E-state index in [9.17, 15) is 0 Å². The first-order chi connectivity index (χ1) is 7.29. The van der Waals surface area contributed by atoms with Gasteiger partial charge in [-0.15, -0.1) is 0 Å². The number of likely N-dealkylation sites (N-methyl/N-ethyl adjacent to an activating group) is 1. The van der Waals surface area contributed by atoms with Gasteiger partial charge in [0.1, 0.15) is 0 Å². The van der Waals surface area contributed by atoms with Crippen molar-refractivity contribution in [3.63, 3.8) is 0 Å². The Kier molecular flexibility index (Phi) is 3.37. The Balaban J connectivity index is 2.13. The smallest absolute Gasteiger partial charge is 0.0450 e. The maximum Gasteiger partial charge on any atom is 0.0450 e. The van der Waals surface area contributed by atoms with Crippen LogP contribution in [0.5, 0.6) is 0 Å². The minimum atomic E-state index is 0.648. The highest BCUT2D eigenvalue weighted by Gasteiger charge is 2.19. The molecule has 2 rings (SSSR count). The lowest BCUT2D eigenvalue weighted by atomic mass is 9.94. The lowest BCUT2D eigenvalue weighted by Gasteiger charge is -2.29. The maximum atomic E-state index is 4.72. The summed E-state index contributed by atoms with van der Waals surface area (Å²) >= 11 is 0. The number of hydrogen-bond acceptors (Lipinski definition) is 2. The van der Waals surface area contributed by atoms with Crippen LogP contribution >= 0.6 is 0 Å². The Morgan fingerprint density at radius 1 is 1.47 bits per heavy atom. The molecule has 0 N–H and O–H groups in total. The van der Waals surface area contributed by atoms with Gasteiger partial charge in [-0.3, -0.25) is 4.98 Å². The molecule has 1 saturated heterocycles. The number of aryl methyl sites for hydroxylation is 1. The standard InChI is InChI=1S/C13H20N2/c1-3-12-7-4-8-13(14-12)11-6-5-9-15(2)10-11/h4,7-8,11H,3,5-6,9-10H2,1-2H3/t11-/m0/s1. The summed E-state index contributed by atoms with van der Waals surface area (Å²) in [6.45, 7) is 4.57. The van der Waals surface area contributed by atoms with E-state index in [4.69, 9.17) is 4.98 Å². The summed E-state index contributed by atoms with van der Waals surface area (Å²) < 4.78 is 0. The second-order valence-electron chi connectivity index (χ2n) is 4.51. The van der Waals surface area contributed by atoms with Gasteiger partial charge in [0, 0.05) is 23.9 Å². The maximum absolute atomic E-state index is 4.72. The van der Waals surface area contributed by atoms with Gasteiger partial charge in [-0.2, -0.15) is 0 Å². The molecule has 1 aromatic rings. The zero-order chi connectivity index (χ0) is 10.7. The third-order valence-corrected chi connectivity index (χ3v) is 3.23. The molecule has 0 saturated carbocycles. The SMILES string of the molecule is CCc1cccc([C@H]2CCCN(C)C2)n1. The van der Waals surface area contributed by atoms with Crippen LogP contribution in [0, 0.1) is 0 Å². The van der Waals surface area contributed by atoms with Crippen LogP contribution in [0.25, 0.3) is 0 Å². The lowest BCUT2D eigenvalue weighted by molar-refractivity contribution is 0.248. The second-order valence-corrected chi connectivity index (χ2v) is 4.51. The van der Waals surface area contributed by atoms with Crippen molar-refractivity contribution < 1.29 is 0 Å². The molecule has 2 heteroatoms. The molecule has 2 nitrogen and oxygen atoms in total. The molecule has 1 fully saturated rings. The number of piperidine rings is 1. The Morgan fingerprint density at radius 2 is 2.33 bits per heavy atom. The molecule has 82 valence electrons. The molecule has 0 unspecified atom stereocenters. The average molecular weight is 204 g/mol. The summed E-state index contributed by atoms with van der Waals surface area (Å²) in [6.07, 6.45) is 3.64.